The maximum atomic E-state index is 13.4. The van der Waals surface area contributed by atoms with Gasteiger partial charge in [0.05, 0.1) is 38.6 Å². The van der Waals surface area contributed by atoms with Crippen molar-refractivity contribution >= 4 is 5.91 Å². The van der Waals surface area contributed by atoms with Gasteiger partial charge in [-0.15, -0.1) is 0 Å². The lowest BCUT2D eigenvalue weighted by Crippen LogP contribution is -2.66. The topological polar surface area (TPSA) is 307 Å². The molecule has 0 aromatic carbocycles. The number of rotatable bonds is 56. The number of allylic oxidation sites excluding steroid dienone is 11. The summed E-state index contributed by atoms with van der Waals surface area (Å²) in [5, 5.41) is 121. The summed E-state index contributed by atoms with van der Waals surface area (Å²) in [6, 6.07) is -1.01. The summed E-state index contributed by atoms with van der Waals surface area (Å²) >= 11 is 0. The molecule has 0 bridgehead atoms. The van der Waals surface area contributed by atoms with E-state index in [4.69, 9.17) is 28.4 Å². The molecule has 0 radical (unpaired) electrons. The van der Waals surface area contributed by atoms with Crippen LogP contribution < -0.4 is 5.32 Å². The number of aliphatic hydroxyl groups excluding tert-OH is 11. The Kier molecular flexibility index (Phi) is 50.1. The molecule has 19 nitrogen and oxygen atoms in total. The van der Waals surface area contributed by atoms with Crippen LogP contribution in [0.2, 0.25) is 0 Å². The Hall–Kier alpha value is -2.77. The van der Waals surface area contributed by atoms with Gasteiger partial charge in [-0.1, -0.05) is 267 Å². The number of ether oxygens (including phenoxy) is 6. The largest absolute Gasteiger partial charge is 0.394 e. The average molecular weight is 1320 g/mol. The molecular formula is C74H131NO18. The number of amides is 1. The first-order chi connectivity index (χ1) is 45.3. The summed E-state index contributed by atoms with van der Waals surface area (Å²) in [6.45, 7) is 1.59. The van der Waals surface area contributed by atoms with Crippen LogP contribution in [-0.2, 0) is 33.2 Å². The molecule has 3 rings (SSSR count). The number of carbonyl (C=O) groups excluding carboxylic acids is 1. The van der Waals surface area contributed by atoms with Crippen molar-refractivity contribution in [2.24, 2.45) is 0 Å². The zero-order valence-corrected chi connectivity index (χ0v) is 57.2. The first-order valence-corrected chi connectivity index (χ1v) is 36.7. The second-order valence-electron chi connectivity index (χ2n) is 26.0. The molecule has 3 aliphatic heterocycles. The standard InChI is InChI=1S/C74H131NO18/c1-3-5-7-9-11-13-15-17-19-21-22-23-24-25-26-27-28-29-30-31-32-33-34-36-37-39-41-43-45-47-49-51-58(79)57(75-62(80)52-50-48-46-44-42-40-38-35-20-18-16-14-12-10-8-6-4-2)56-88-72-68(86)65(83)70(60(54-77)90-72)93-74-69(87)66(84)71(61(55-78)91-74)92-73-67(85)64(82)63(81)59(53-76)89-73/h6,8,12,14,18,20,38,40,44,46,49,51,57-61,63-74,76-79,81-87H,3-5,7,9-11,13,15-17,19,21-37,39,41-43,45,47-48,50,52-56H2,1-2H3,(H,75,80)/b8-6-,14-12-,20-18-,40-38-,46-44-,51-49+. The van der Waals surface area contributed by atoms with Crippen LogP contribution in [-0.4, -0.2) is 193 Å². The van der Waals surface area contributed by atoms with E-state index in [2.05, 4.69) is 73.8 Å². The maximum Gasteiger partial charge on any atom is 0.220 e. The van der Waals surface area contributed by atoms with Crippen molar-refractivity contribution < 1.29 is 89.4 Å². The second-order valence-corrected chi connectivity index (χ2v) is 26.0. The Bertz CT molecular complexity index is 1970. The van der Waals surface area contributed by atoms with Crippen LogP contribution in [0, 0.1) is 0 Å². The van der Waals surface area contributed by atoms with Gasteiger partial charge < -0.3 is 89.9 Å². The number of aliphatic hydroxyl groups is 11. The molecule has 19 heteroatoms. The number of carbonyl (C=O) groups is 1. The maximum absolute atomic E-state index is 13.4. The van der Waals surface area contributed by atoms with Crippen LogP contribution >= 0.6 is 0 Å². The van der Waals surface area contributed by atoms with Gasteiger partial charge in [0.25, 0.3) is 0 Å². The Labute approximate surface area is 559 Å². The van der Waals surface area contributed by atoms with E-state index in [1.165, 1.54) is 167 Å². The summed E-state index contributed by atoms with van der Waals surface area (Å²) in [5.41, 5.74) is 0. The van der Waals surface area contributed by atoms with Crippen molar-refractivity contribution in [2.45, 2.75) is 362 Å². The van der Waals surface area contributed by atoms with Crippen LogP contribution in [0.3, 0.4) is 0 Å². The van der Waals surface area contributed by atoms with E-state index >= 15 is 0 Å². The van der Waals surface area contributed by atoms with E-state index in [-0.39, 0.29) is 18.9 Å². The lowest BCUT2D eigenvalue weighted by molar-refractivity contribution is -0.379. The molecule has 17 unspecified atom stereocenters. The molecule has 3 fully saturated rings. The zero-order valence-electron chi connectivity index (χ0n) is 57.2. The van der Waals surface area contributed by atoms with Crippen LogP contribution in [0.25, 0.3) is 0 Å². The third-order valence-corrected chi connectivity index (χ3v) is 18.0. The minimum Gasteiger partial charge on any atom is -0.394 e. The highest BCUT2D eigenvalue weighted by Gasteiger charge is 2.53. The molecule has 3 aliphatic rings. The molecule has 3 heterocycles. The molecule has 1 amide bonds. The van der Waals surface area contributed by atoms with Gasteiger partial charge in [-0.2, -0.15) is 0 Å². The molecule has 0 spiro atoms. The summed E-state index contributed by atoms with van der Waals surface area (Å²) < 4.78 is 34.3. The number of hydrogen-bond acceptors (Lipinski definition) is 18. The Balaban J connectivity index is 1.40. The quantitative estimate of drug-likeness (QED) is 0.0199. The normalized spacial score (nSPS) is 27.9. The lowest BCUT2D eigenvalue weighted by Gasteiger charge is -2.48. The smallest absolute Gasteiger partial charge is 0.220 e. The van der Waals surface area contributed by atoms with Gasteiger partial charge in [-0.05, 0) is 57.8 Å². The van der Waals surface area contributed by atoms with E-state index in [0.717, 1.165) is 57.8 Å². The van der Waals surface area contributed by atoms with Crippen molar-refractivity contribution in [3.8, 4) is 0 Å². The predicted molar refractivity (Wildman–Crippen MR) is 365 cm³/mol. The molecule has 540 valence electrons. The third-order valence-electron chi connectivity index (χ3n) is 18.0. The molecule has 0 aromatic rings. The summed E-state index contributed by atoms with van der Waals surface area (Å²) in [7, 11) is 0. The van der Waals surface area contributed by atoms with Gasteiger partial charge >= 0.3 is 0 Å². The monoisotopic (exact) mass is 1320 g/mol. The first kappa shape index (κ1) is 84.5. The van der Waals surface area contributed by atoms with Crippen molar-refractivity contribution in [3.05, 3.63) is 72.9 Å². The zero-order chi connectivity index (χ0) is 67.5. The Morgan fingerprint density at radius 2 is 0.742 bits per heavy atom. The fraction of sp³-hybridized carbons (Fsp3) is 0.824. The van der Waals surface area contributed by atoms with Gasteiger partial charge in [-0.25, -0.2) is 0 Å². The van der Waals surface area contributed by atoms with Gasteiger partial charge in [0.2, 0.25) is 5.91 Å². The Morgan fingerprint density at radius 1 is 0.398 bits per heavy atom. The summed E-state index contributed by atoms with van der Waals surface area (Å²) in [4.78, 5) is 13.4. The molecule has 0 aliphatic carbocycles. The molecular weight excluding hydrogens is 1190 g/mol. The highest BCUT2D eigenvalue weighted by Crippen LogP contribution is 2.33. The first-order valence-electron chi connectivity index (χ1n) is 36.7. The molecule has 93 heavy (non-hydrogen) atoms. The third kappa shape index (κ3) is 36.6. The lowest BCUT2D eigenvalue weighted by atomic mass is 9.96. The van der Waals surface area contributed by atoms with Gasteiger partial charge in [0, 0.05) is 6.42 Å². The van der Waals surface area contributed by atoms with Crippen LogP contribution in [0.5, 0.6) is 0 Å². The van der Waals surface area contributed by atoms with E-state index in [1.807, 2.05) is 12.2 Å². The molecule has 3 saturated heterocycles. The van der Waals surface area contributed by atoms with Gasteiger partial charge in [0.1, 0.15) is 73.2 Å². The minimum absolute atomic E-state index is 0.162. The van der Waals surface area contributed by atoms with Crippen LogP contribution in [0.15, 0.2) is 72.9 Å². The van der Waals surface area contributed by atoms with E-state index in [0.29, 0.717) is 12.8 Å². The number of hydrogen-bond donors (Lipinski definition) is 12. The van der Waals surface area contributed by atoms with E-state index < -0.39 is 124 Å². The van der Waals surface area contributed by atoms with Crippen molar-refractivity contribution in [1.82, 2.24) is 5.32 Å². The van der Waals surface area contributed by atoms with E-state index in [9.17, 15) is 61.0 Å². The van der Waals surface area contributed by atoms with Crippen LogP contribution in [0.1, 0.15) is 258 Å². The van der Waals surface area contributed by atoms with Gasteiger partial charge in [0.15, 0.2) is 18.9 Å². The fourth-order valence-electron chi connectivity index (χ4n) is 12.1. The van der Waals surface area contributed by atoms with Gasteiger partial charge in [-0.3, -0.25) is 4.79 Å². The summed E-state index contributed by atoms with van der Waals surface area (Å²) in [6.07, 6.45) is 43.4. The SMILES string of the molecule is CC/C=C\C/C=C\C/C=C\C/C=C\C/C=C\CCCC(=O)NC(COC1OC(CO)C(OC2OC(CO)C(OC3OC(CO)C(O)C(O)C3O)C(O)C2O)C(O)C1O)C(O)/C=C/CCCCCCCCCCCCCCCCCCCCCCCCCCCCCCC. The number of unbranched alkanes of at least 4 members (excludes halogenated alkanes) is 30. The number of nitrogens with one attached hydrogen (secondary N) is 1. The van der Waals surface area contributed by atoms with Crippen molar-refractivity contribution in [2.75, 3.05) is 26.4 Å². The van der Waals surface area contributed by atoms with Crippen LogP contribution in [0.4, 0.5) is 0 Å². The summed E-state index contributed by atoms with van der Waals surface area (Å²) in [5.74, 6) is -0.332. The molecule has 0 aromatic heterocycles. The fourth-order valence-corrected chi connectivity index (χ4v) is 12.1. The molecule has 17 atom stereocenters. The highest BCUT2D eigenvalue weighted by molar-refractivity contribution is 5.76. The Morgan fingerprint density at radius 3 is 1.15 bits per heavy atom. The van der Waals surface area contributed by atoms with Crippen molar-refractivity contribution in [1.29, 1.82) is 0 Å². The predicted octanol–water partition coefficient (Wildman–Crippen LogP) is 10.5. The second kappa shape index (κ2) is 55.1. The van der Waals surface area contributed by atoms with E-state index in [1.54, 1.807) is 6.08 Å². The average Bonchev–Trinajstić information content (AvgIpc) is 0.815. The van der Waals surface area contributed by atoms with Crippen molar-refractivity contribution in [3.63, 3.8) is 0 Å². The molecule has 0 saturated carbocycles. The minimum atomic E-state index is -1.99. The molecule has 12 N–H and O–H groups in total. The highest BCUT2D eigenvalue weighted by atomic mass is 16.8.